The zero-order chi connectivity index (χ0) is 18.0. The summed E-state index contributed by atoms with van der Waals surface area (Å²) in [6.45, 7) is 8.12. The Morgan fingerprint density at radius 3 is 2.52 bits per heavy atom. The fourth-order valence-electron chi connectivity index (χ4n) is 3.07. The van der Waals surface area contributed by atoms with E-state index in [9.17, 15) is 9.59 Å². The van der Waals surface area contributed by atoms with E-state index in [0.29, 0.717) is 23.0 Å². The Labute approximate surface area is 147 Å². The molecule has 134 valence electrons. The Balaban J connectivity index is 1.95. The highest BCUT2D eigenvalue weighted by molar-refractivity contribution is 6.04. The van der Waals surface area contributed by atoms with Crippen molar-refractivity contribution in [2.45, 2.75) is 20.4 Å². The van der Waals surface area contributed by atoms with Crippen molar-refractivity contribution < 1.29 is 9.69 Å². The summed E-state index contributed by atoms with van der Waals surface area (Å²) in [7, 11) is 2.15. The van der Waals surface area contributed by atoms with Gasteiger partial charge in [-0.2, -0.15) is 5.10 Å². The molecule has 3 rings (SSSR count). The van der Waals surface area contributed by atoms with Gasteiger partial charge in [-0.3, -0.25) is 15.0 Å². The summed E-state index contributed by atoms with van der Waals surface area (Å²) < 4.78 is 1.41. The largest absolute Gasteiger partial charge is 0.335 e. The Hall–Kier alpha value is -2.25. The maximum Gasteiger partial charge on any atom is 0.286 e. The summed E-state index contributed by atoms with van der Waals surface area (Å²) in [5.41, 5.74) is 3.11. The number of hydrogen-bond acceptors (Lipinski definition) is 4. The lowest BCUT2D eigenvalue weighted by molar-refractivity contribution is -0.884. The molecule has 0 spiro atoms. The van der Waals surface area contributed by atoms with Crippen molar-refractivity contribution in [3.8, 4) is 0 Å². The molecule has 2 N–H and O–H groups in total. The van der Waals surface area contributed by atoms with Crippen LogP contribution in [0, 0.1) is 5.92 Å². The molecule has 0 saturated carbocycles. The van der Waals surface area contributed by atoms with Crippen LogP contribution in [0.25, 0.3) is 10.8 Å². The van der Waals surface area contributed by atoms with Gasteiger partial charge in [0.1, 0.15) is 0 Å². The maximum absolute atomic E-state index is 12.8. The van der Waals surface area contributed by atoms with Gasteiger partial charge in [0.25, 0.3) is 11.5 Å². The lowest BCUT2D eigenvalue weighted by Crippen LogP contribution is -3.12. The zero-order valence-corrected chi connectivity index (χ0v) is 15.1. The number of carbonyl (C=O) groups excluding carboxylic acids is 1. The van der Waals surface area contributed by atoms with Gasteiger partial charge >= 0.3 is 0 Å². The van der Waals surface area contributed by atoms with Crippen LogP contribution < -0.4 is 15.9 Å². The molecule has 1 aromatic heterocycles. The van der Waals surface area contributed by atoms with Crippen LogP contribution in [0.5, 0.6) is 0 Å². The SMILES string of the molecule is CC(C)Cn1nc(C(=O)NN2CC[NH+](C)CC2)c2ccccc2c1=O. The van der Waals surface area contributed by atoms with Crippen molar-refractivity contribution in [2.24, 2.45) is 5.92 Å². The number of quaternary nitrogens is 1. The number of hydrazine groups is 1. The van der Waals surface area contributed by atoms with Gasteiger partial charge < -0.3 is 4.90 Å². The van der Waals surface area contributed by atoms with Gasteiger partial charge in [0.2, 0.25) is 0 Å². The molecule has 1 aliphatic heterocycles. The lowest BCUT2D eigenvalue weighted by atomic mass is 10.1. The van der Waals surface area contributed by atoms with Crippen LogP contribution in [0.4, 0.5) is 0 Å². The molecule has 1 fully saturated rings. The molecule has 1 aliphatic rings. The van der Waals surface area contributed by atoms with Crippen molar-refractivity contribution >= 4 is 16.7 Å². The van der Waals surface area contributed by atoms with Crippen molar-refractivity contribution in [3.05, 3.63) is 40.3 Å². The molecule has 1 saturated heterocycles. The molecular formula is C18H26N5O2+. The van der Waals surface area contributed by atoms with Crippen LogP contribution in [0.15, 0.2) is 29.1 Å². The number of piperazine rings is 1. The number of nitrogens with one attached hydrogen (secondary N) is 2. The van der Waals surface area contributed by atoms with Gasteiger partial charge in [-0.25, -0.2) is 9.69 Å². The van der Waals surface area contributed by atoms with Gasteiger partial charge in [0.15, 0.2) is 5.69 Å². The van der Waals surface area contributed by atoms with Crippen molar-refractivity contribution in [3.63, 3.8) is 0 Å². The first-order valence-corrected chi connectivity index (χ1v) is 8.83. The van der Waals surface area contributed by atoms with Crippen LogP contribution in [0.1, 0.15) is 24.3 Å². The average molecular weight is 344 g/mol. The molecule has 1 aromatic carbocycles. The number of nitrogens with zero attached hydrogens (tertiary/aromatic N) is 3. The monoisotopic (exact) mass is 344 g/mol. The molecular weight excluding hydrogens is 318 g/mol. The molecule has 25 heavy (non-hydrogen) atoms. The summed E-state index contributed by atoms with van der Waals surface area (Å²) in [6, 6.07) is 7.18. The smallest absolute Gasteiger partial charge is 0.286 e. The van der Waals surface area contributed by atoms with E-state index in [1.165, 1.54) is 9.58 Å². The Morgan fingerprint density at radius 2 is 1.88 bits per heavy atom. The maximum atomic E-state index is 12.8. The Kier molecular flexibility index (Phi) is 5.15. The standard InChI is InChI=1S/C18H25N5O2/c1-13(2)12-23-18(25)15-7-5-4-6-14(15)16(19-23)17(24)20-22-10-8-21(3)9-11-22/h4-7,13H,8-12H2,1-3H3,(H,20,24)/p+1. The normalized spacial score (nSPS) is 16.5. The third-order valence-corrected chi connectivity index (χ3v) is 4.50. The molecule has 0 radical (unpaired) electrons. The van der Waals surface area contributed by atoms with Crippen LogP contribution in [0.3, 0.4) is 0 Å². The van der Waals surface area contributed by atoms with E-state index in [-0.39, 0.29) is 17.4 Å². The number of carbonyl (C=O) groups is 1. The predicted molar refractivity (Wildman–Crippen MR) is 96.5 cm³/mol. The molecule has 0 unspecified atom stereocenters. The second-order valence-electron chi connectivity index (χ2n) is 7.16. The third kappa shape index (κ3) is 3.88. The summed E-state index contributed by atoms with van der Waals surface area (Å²) in [4.78, 5) is 26.9. The molecule has 1 amide bonds. The highest BCUT2D eigenvalue weighted by atomic mass is 16.2. The van der Waals surface area contributed by atoms with E-state index in [1.807, 2.05) is 31.0 Å². The van der Waals surface area contributed by atoms with Crippen molar-refractivity contribution in [1.29, 1.82) is 0 Å². The number of fused-ring (bicyclic) bond motifs is 1. The quantitative estimate of drug-likeness (QED) is 0.787. The van der Waals surface area contributed by atoms with Gasteiger partial charge in [0, 0.05) is 11.9 Å². The summed E-state index contributed by atoms with van der Waals surface area (Å²) >= 11 is 0. The Bertz CT molecular complexity index is 822. The summed E-state index contributed by atoms with van der Waals surface area (Å²) in [6.07, 6.45) is 0. The van der Waals surface area contributed by atoms with E-state index < -0.39 is 0 Å². The van der Waals surface area contributed by atoms with Gasteiger partial charge in [-0.05, 0) is 12.0 Å². The molecule has 2 aromatic rings. The van der Waals surface area contributed by atoms with Crippen LogP contribution in [0.2, 0.25) is 0 Å². The van der Waals surface area contributed by atoms with Crippen LogP contribution >= 0.6 is 0 Å². The molecule has 7 heteroatoms. The lowest BCUT2D eigenvalue weighted by Gasteiger charge is -2.30. The molecule has 0 atom stereocenters. The van der Waals surface area contributed by atoms with E-state index in [2.05, 4.69) is 17.6 Å². The number of hydrogen-bond donors (Lipinski definition) is 2. The second-order valence-corrected chi connectivity index (χ2v) is 7.16. The summed E-state index contributed by atoms with van der Waals surface area (Å²) in [5.74, 6) is 0.0103. The number of likely N-dealkylation sites (N-methyl/N-ethyl adjacent to an activating group) is 1. The highest BCUT2D eigenvalue weighted by Crippen LogP contribution is 2.14. The van der Waals surface area contributed by atoms with E-state index in [0.717, 1.165) is 26.2 Å². The Morgan fingerprint density at radius 1 is 1.24 bits per heavy atom. The first kappa shape index (κ1) is 17.6. The number of aromatic nitrogens is 2. The van der Waals surface area contributed by atoms with E-state index in [1.54, 1.807) is 12.1 Å². The number of rotatable bonds is 4. The average Bonchev–Trinajstić information content (AvgIpc) is 2.59. The molecule has 0 bridgehead atoms. The van der Waals surface area contributed by atoms with Gasteiger partial charge in [0.05, 0.1) is 38.6 Å². The molecule has 7 nitrogen and oxygen atoms in total. The number of amides is 1. The minimum atomic E-state index is -0.256. The fraction of sp³-hybridized carbons (Fsp3) is 0.500. The van der Waals surface area contributed by atoms with Gasteiger partial charge in [-0.15, -0.1) is 0 Å². The summed E-state index contributed by atoms with van der Waals surface area (Å²) in [5, 5.41) is 7.45. The highest BCUT2D eigenvalue weighted by Gasteiger charge is 2.22. The van der Waals surface area contributed by atoms with Gasteiger partial charge in [-0.1, -0.05) is 32.0 Å². The van der Waals surface area contributed by atoms with Crippen molar-refractivity contribution in [1.82, 2.24) is 20.2 Å². The zero-order valence-electron chi connectivity index (χ0n) is 15.1. The molecule has 0 aliphatic carbocycles. The second kappa shape index (κ2) is 7.33. The van der Waals surface area contributed by atoms with E-state index in [4.69, 9.17) is 0 Å². The third-order valence-electron chi connectivity index (χ3n) is 4.50. The molecule has 2 heterocycles. The fourth-order valence-corrected chi connectivity index (χ4v) is 3.07. The number of benzene rings is 1. The topological polar surface area (TPSA) is 71.7 Å². The first-order valence-electron chi connectivity index (χ1n) is 8.83. The van der Waals surface area contributed by atoms with Crippen LogP contribution in [-0.2, 0) is 6.54 Å². The predicted octanol–water partition coefficient (Wildman–Crippen LogP) is -0.472. The first-order chi connectivity index (χ1) is 12.0. The minimum Gasteiger partial charge on any atom is -0.335 e. The van der Waals surface area contributed by atoms with Crippen molar-refractivity contribution in [2.75, 3.05) is 33.2 Å². The van der Waals surface area contributed by atoms with E-state index >= 15 is 0 Å². The minimum absolute atomic E-state index is 0.149. The van der Waals surface area contributed by atoms with Crippen LogP contribution in [-0.4, -0.2) is 53.9 Å².